The molecule has 0 radical (unpaired) electrons. The first-order valence-corrected chi connectivity index (χ1v) is 7.94. The molecule has 0 unspecified atom stereocenters. The van der Waals surface area contributed by atoms with Gasteiger partial charge in [0.25, 0.3) is 0 Å². The zero-order chi connectivity index (χ0) is 13.1. The zero-order valence-corrected chi connectivity index (χ0v) is 11.8. The van der Waals surface area contributed by atoms with Crippen LogP contribution >= 0.6 is 11.8 Å². The van der Waals surface area contributed by atoms with Crippen LogP contribution in [0, 0.1) is 5.82 Å². The van der Waals surface area contributed by atoms with Crippen LogP contribution in [0.1, 0.15) is 37.7 Å². The van der Waals surface area contributed by atoms with Crippen molar-refractivity contribution < 1.29 is 4.39 Å². The molecule has 0 atom stereocenters. The number of nitrogens with one attached hydrogen (secondary N) is 1. The van der Waals surface area contributed by atoms with Crippen LogP contribution in [0.4, 0.5) is 4.39 Å². The van der Waals surface area contributed by atoms with Gasteiger partial charge in [-0.25, -0.2) is 4.39 Å². The van der Waals surface area contributed by atoms with E-state index in [1.165, 1.54) is 38.2 Å². The lowest BCUT2D eigenvalue weighted by Crippen LogP contribution is -2.45. The Labute approximate surface area is 117 Å². The Morgan fingerprint density at radius 3 is 2.89 bits per heavy atom. The number of hydrogen-bond acceptors (Lipinski definition) is 2. The normalized spacial score (nSPS) is 23.7. The second-order valence-electron chi connectivity index (χ2n) is 5.51. The fraction of sp³-hybridized carbons (Fsp3) is 0.533. The molecule has 0 bridgehead atoms. The molecule has 0 aromatic heterocycles. The molecule has 0 amide bonds. The molecule has 102 valence electrons. The van der Waals surface area contributed by atoms with Gasteiger partial charge >= 0.3 is 0 Å². The Hall–Kier alpha value is -1.03. The number of aliphatic imine (C=N–C) groups is 1. The Kier molecular flexibility index (Phi) is 3.78. The molecule has 2 aliphatic rings. The number of hydrogen-bond donors (Lipinski definition) is 1. The van der Waals surface area contributed by atoms with Crippen LogP contribution in [0.25, 0.3) is 0 Å². The maximum atomic E-state index is 13.1. The molecule has 1 aromatic carbocycles. The third-order valence-electron chi connectivity index (χ3n) is 3.96. The standard InChI is InChI=1S/C15H19FN2S/c16-13-6-4-5-12(9-13)10-17-14-18-15(11-19-14)7-2-1-3-8-15/h4-6,9H,1-3,7-8,10-11H2,(H,17,18). The van der Waals surface area contributed by atoms with Crippen molar-refractivity contribution in [3.8, 4) is 0 Å². The molecule has 2 fully saturated rings. The molecule has 3 rings (SSSR count). The fourth-order valence-electron chi connectivity index (χ4n) is 2.89. The Morgan fingerprint density at radius 2 is 2.11 bits per heavy atom. The summed E-state index contributed by atoms with van der Waals surface area (Å²) in [6.07, 6.45) is 6.54. The molecule has 1 aliphatic carbocycles. The second kappa shape index (κ2) is 5.53. The first-order valence-electron chi connectivity index (χ1n) is 6.96. The van der Waals surface area contributed by atoms with Gasteiger partial charge in [-0.15, -0.1) is 0 Å². The first kappa shape index (κ1) is 13.0. The van der Waals surface area contributed by atoms with E-state index in [9.17, 15) is 4.39 Å². The van der Waals surface area contributed by atoms with Crippen molar-refractivity contribution in [2.45, 2.75) is 44.2 Å². The SMILES string of the molecule is Fc1cccc(CN=C2NC3(CCCCC3)CS2)c1. The summed E-state index contributed by atoms with van der Waals surface area (Å²) in [6.45, 7) is 0.559. The number of benzene rings is 1. The molecular formula is C15H19FN2S. The van der Waals surface area contributed by atoms with E-state index in [0.29, 0.717) is 12.1 Å². The molecule has 4 heteroatoms. The highest BCUT2D eigenvalue weighted by Gasteiger charge is 2.37. The van der Waals surface area contributed by atoms with Crippen molar-refractivity contribution in [3.05, 3.63) is 35.6 Å². The van der Waals surface area contributed by atoms with Crippen molar-refractivity contribution in [1.82, 2.24) is 5.32 Å². The largest absolute Gasteiger partial charge is 0.359 e. The summed E-state index contributed by atoms with van der Waals surface area (Å²) in [5, 5.41) is 4.64. The van der Waals surface area contributed by atoms with Gasteiger partial charge in [0, 0.05) is 11.3 Å². The van der Waals surface area contributed by atoms with E-state index >= 15 is 0 Å². The highest BCUT2D eigenvalue weighted by Crippen LogP contribution is 2.36. The molecule has 19 heavy (non-hydrogen) atoms. The highest BCUT2D eigenvalue weighted by molar-refractivity contribution is 8.14. The molecule has 1 N–H and O–H groups in total. The van der Waals surface area contributed by atoms with Gasteiger partial charge < -0.3 is 5.32 Å². The monoisotopic (exact) mass is 278 g/mol. The minimum atomic E-state index is -0.187. The predicted molar refractivity (Wildman–Crippen MR) is 78.9 cm³/mol. The molecule has 2 nitrogen and oxygen atoms in total. The van der Waals surface area contributed by atoms with Crippen LogP contribution in [0.3, 0.4) is 0 Å². The van der Waals surface area contributed by atoms with Gasteiger partial charge in [-0.1, -0.05) is 43.2 Å². The first-order chi connectivity index (χ1) is 9.26. The van der Waals surface area contributed by atoms with Crippen LogP contribution < -0.4 is 5.32 Å². The fourth-order valence-corrected chi connectivity index (χ4v) is 4.11. The molecule has 1 spiro atoms. The summed E-state index contributed by atoms with van der Waals surface area (Å²) in [4.78, 5) is 4.59. The number of rotatable bonds is 2. The lowest BCUT2D eigenvalue weighted by molar-refractivity contribution is 0.303. The van der Waals surface area contributed by atoms with Gasteiger partial charge in [0.05, 0.1) is 6.54 Å². The number of halogens is 1. The lowest BCUT2D eigenvalue weighted by Gasteiger charge is -2.32. The van der Waals surface area contributed by atoms with Crippen molar-refractivity contribution in [2.75, 3.05) is 5.75 Å². The van der Waals surface area contributed by atoms with Gasteiger partial charge in [0.15, 0.2) is 5.17 Å². The van der Waals surface area contributed by atoms with Gasteiger partial charge in [-0.05, 0) is 30.5 Å². The van der Waals surface area contributed by atoms with Gasteiger partial charge in [-0.2, -0.15) is 0 Å². The minimum Gasteiger partial charge on any atom is -0.359 e. The van der Waals surface area contributed by atoms with E-state index in [4.69, 9.17) is 0 Å². The van der Waals surface area contributed by atoms with E-state index < -0.39 is 0 Å². The summed E-state index contributed by atoms with van der Waals surface area (Å²) >= 11 is 1.82. The van der Waals surface area contributed by atoms with Crippen molar-refractivity contribution in [3.63, 3.8) is 0 Å². The summed E-state index contributed by atoms with van der Waals surface area (Å²) in [5.41, 5.74) is 1.23. The third-order valence-corrected chi connectivity index (χ3v) is 5.16. The number of nitrogens with zero attached hydrogens (tertiary/aromatic N) is 1. The van der Waals surface area contributed by atoms with Gasteiger partial charge in [0.2, 0.25) is 0 Å². The molecule has 1 aliphatic heterocycles. The highest BCUT2D eigenvalue weighted by atomic mass is 32.2. The van der Waals surface area contributed by atoms with Gasteiger partial charge in [0.1, 0.15) is 5.82 Å². The lowest BCUT2D eigenvalue weighted by atomic mass is 9.83. The summed E-state index contributed by atoms with van der Waals surface area (Å²) in [6, 6.07) is 6.68. The van der Waals surface area contributed by atoms with E-state index in [1.807, 2.05) is 17.8 Å². The smallest absolute Gasteiger partial charge is 0.157 e. The van der Waals surface area contributed by atoms with E-state index in [-0.39, 0.29) is 5.82 Å². The van der Waals surface area contributed by atoms with Crippen LogP contribution in [0.2, 0.25) is 0 Å². The summed E-state index contributed by atoms with van der Waals surface area (Å²) in [7, 11) is 0. The van der Waals surface area contributed by atoms with Crippen LogP contribution in [0.5, 0.6) is 0 Å². The number of thioether (sulfide) groups is 1. The number of amidine groups is 1. The average Bonchev–Trinajstić information content (AvgIpc) is 2.80. The molecule has 1 saturated carbocycles. The maximum absolute atomic E-state index is 13.1. The predicted octanol–water partition coefficient (Wildman–Crippen LogP) is 3.72. The average molecular weight is 278 g/mol. The maximum Gasteiger partial charge on any atom is 0.157 e. The Balaban J connectivity index is 1.62. The van der Waals surface area contributed by atoms with Crippen molar-refractivity contribution in [2.24, 2.45) is 4.99 Å². The topological polar surface area (TPSA) is 24.4 Å². The quantitative estimate of drug-likeness (QED) is 0.891. The minimum absolute atomic E-state index is 0.187. The Bertz CT molecular complexity index is 481. The molecule has 1 saturated heterocycles. The van der Waals surface area contributed by atoms with Crippen molar-refractivity contribution >= 4 is 16.9 Å². The van der Waals surface area contributed by atoms with Crippen LogP contribution in [0.15, 0.2) is 29.3 Å². The summed E-state index contributed by atoms with van der Waals surface area (Å²) < 4.78 is 13.1. The molecule has 1 aromatic rings. The third kappa shape index (κ3) is 3.11. The van der Waals surface area contributed by atoms with Gasteiger partial charge in [-0.3, -0.25) is 4.99 Å². The van der Waals surface area contributed by atoms with Crippen LogP contribution in [-0.2, 0) is 6.54 Å². The zero-order valence-electron chi connectivity index (χ0n) is 11.0. The van der Waals surface area contributed by atoms with E-state index in [2.05, 4.69) is 10.3 Å². The second-order valence-corrected chi connectivity index (χ2v) is 6.47. The van der Waals surface area contributed by atoms with E-state index in [0.717, 1.165) is 16.5 Å². The van der Waals surface area contributed by atoms with Crippen LogP contribution in [-0.4, -0.2) is 16.5 Å². The molecule has 1 heterocycles. The molecular weight excluding hydrogens is 259 g/mol. The van der Waals surface area contributed by atoms with E-state index in [1.54, 1.807) is 12.1 Å². The Morgan fingerprint density at radius 1 is 1.26 bits per heavy atom. The van der Waals surface area contributed by atoms with Crippen molar-refractivity contribution in [1.29, 1.82) is 0 Å². The summed E-state index contributed by atoms with van der Waals surface area (Å²) in [5.74, 6) is 0.947.